The summed E-state index contributed by atoms with van der Waals surface area (Å²) in [5.74, 6) is 0. The second-order valence-electron chi connectivity index (χ2n) is 3.88. The van der Waals surface area contributed by atoms with E-state index in [0.29, 0.717) is 6.54 Å². The fourth-order valence-electron chi connectivity index (χ4n) is 2.12. The zero-order valence-corrected chi connectivity index (χ0v) is 8.76. The van der Waals surface area contributed by atoms with Gasteiger partial charge in [-0.1, -0.05) is 0 Å². The first-order valence-electron chi connectivity index (χ1n) is 5.37. The maximum Gasteiger partial charge on any atom is 0.0635 e. The highest BCUT2D eigenvalue weighted by atomic mass is 16.3. The molecule has 2 rings (SSSR count). The molecule has 4 nitrogen and oxygen atoms in total. The van der Waals surface area contributed by atoms with Gasteiger partial charge in [-0.2, -0.15) is 0 Å². The molecule has 3 N–H and O–H groups in total. The third kappa shape index (κ3) is 2.11. The zero-order chi connectivity index (χ0) is 10.7. The van der Waals surface area contributed by atoms with Crippen LogP contribution in [0.1, 0.15) is 18.5 Å². The second-order valence-corrected chi connectivity index (χ2v) is 3.88. The van der Waals surface area contributed by atoms with E-state index in [2.05, 4.69) is 9.88 Å². The molecular weight excluding hydrogens is 190 g/mol. The molecule has 1 saturated heterocycles. The fourth-order valence-corrected chi connectivity index (χ4v) is 2.12. The predicted octanol–water partition coefficient (Wildman–Crippen LogP) is 0.501. The third-order valence-electron chi connectivity index (χ3n) is 2.93. The molecule has 1 aromatic heterocycles. The molecule has 1 fully saturated rings. The molecular formula is C11H17N3O. The lowest BCUT2D eigenvalue weighted by molar-refractivity contribution is 0.266. The highest BCUT2D eigenvalue weighted by Crippen LogP contribution is 2.25. The molecule has 2 heterocycles. The summed E-state index contributed by atoms with van der Waals surface area (Å²) >= 11 is 0. The van der Waals surface area contributed by atoms with Crippen molar-refractivity contribution in [3.8, 4) is 0 Å². The number of hydrogen-bond donors (Lipinski definition) is 2. The molecule has 82 valence electrons. The molecule has 1 aromatic rings. The summed E-state index contributed by atoms with van der Waals surface area (Å²) in [5, 5.41) is 9.24. The van der Waals surface area contributed by atoms with E-state index in [0.717, 1.165) is 30.8 Å². The largest absolute Gasteiger partial charge is 0.394 e. The molecule has 0 spiro atoms. The van der Waals surface area contributed by atoms with Crippen LogP contribution in [0.25, 0.3) is 0 Å². The lowest BCUT2D eigenvalue weighted by atomic mass is 10.2. The summed E-state index contributed by atoms with van der Waals surface area (Å²) in [6, 6.07) is 4.25. The Bertz CT molecular complexity index is 329. The van der Waals surface area contributed by atoms with Crippen LogP contribution in [0.3, 0.4) is 0 Å². The van der Waals surface area contributed by atoms with Gasteiger partial charge in [-0.15, -0.1) is 0 Å². The molecule has 0 aliphatic carbocycles. The molecule has 1 unspecified atom stereocenters. The van der Waals surface area contributed by atoms with Gasteiger partial charge < -0.3 is 15.7 Å². The molecule has 1 aliphatic heterocycles. The first-order chi connectivity index (χ1) is 7.35. The lowest BCUT2D eigenvalue weighted by Gasteiger charge is -2.25. The first-order valence-corrected chi connectivity index (χ1v) is 5.37. The monoisotopic (exact) mass is 207 g/mol. The number of hydrogen-bond acceptors (Lipinski definition) is 4. The molecule has 0 radical (unpaired) electrons. The number of nitrogens with two attached hydrogens (primary N) is 1. The second kappa shape index (κ2) is 4.59. The number of aliphatic hydroxyl groups excluding tert-OH is 1. The van der Waals surface area contributed by atoms with Crippen LogP contribution < -0.4 is 10.6 Å². The maximum atomic E-state index is 9.24. The minimum absolute atomic E-state index is 0.223. The summed E-state index contributed by atoms with van der Waals surface area (Å²) in [5.41, 5.74) is 7.58. The Labute approximate surface area is 89.7 Å². The van der Waals surface area contributed by atoms with E-state index >= 15 is 0 Å². The van der Waals surface area contributed by atoms with E-state index < -0.39 is 0 Å². The van der Waals surface area contributed by atoms with Crippen molar-refractivity contribution in [1.29, 1.82) is 0 Å². The normalized spacial score (nSPS) is 20.9. The number of nitrogens with zero attached hydrogens (tertiary/aromatic N) is 2. The van der Waals surface area contributed by atoms with E-state index in [9.17, 15) is 5.11 Å². The van der Waals surface area contributed by atoms with Crippen molar-refractivity contribution < 1.29 is 5.11 Å². The minimum atomic E-state index is 0.223. The molecule has 0 saturated carbocycles. The van der Waals surface area contributed by atoms with Crippen LogP contribution >= 0.6 is 0 Å². The van der Waals surface area contributed by atoms with Gasteiger partial charge in [-0.3, -0.25) is 4.98 Å². The van der Waals surface area contributed by atoms with Crippen molar-refractivity contribution in [1.82, 2.24) is 4.98 Å². The van der Waals surface area contributed by atoms with Gasteiger partial charge in [-0.05, 0) is 25.0 Å². The van der Waals surface area contributed by atoms with Crippen LogP contribution in [-0.4, -0.2) is 29.3 Å². The SMILES string of the molecule is NCc1cc(N2CCCC2CO)ccn1. The average Bonchev–Trinajstić information content (AvgIpc) is 2.77. The Morgan fingerprint density at radius 2 is 2.47 bits per heavy atom. The Balaban J connectivity index is 2.20. The molecule has 15 heavy (non-hydrogen) atoms. The highest BCUT2D eigenvalue weighted by Gasteiger charge is 2.23. The zero-order valence-electron chi connectivity index (χ0n) is 8.76. The molecule has 0 bridgehead atoms. The number of aromatic nitrogens is 1. The topological polar surface area (TPSA) is 62.4 Å². The summed E-state index contributed by atoms with van der Waals surface area (Å²) in [6.45, 7) is 1.70. The van der Waals surface area contributed by atoms with Crippen LogP contribution in [0, 0.1) is 0 Å². The molecule has 0 aromatic carbocycles. The number of rotatable bonds is 3. The summed E-state index contributed by atoms with van der Waals surface area (Å²) < 4.78 is 0. The van der Waals surface area contributed by atoms with Crippen molar-refractivity contribution >= 4 is 5.69 Å². The number of pyridine rings is 1. The van der Waals surface area contributed by atoms with Crippen LogP contribution in [0.2, 0.25) is 0 Å². The van der Waals surface area contributed by atoms with Crippen molar-refractivity contribution in [3.63, 3.8) is 0 Å². The Morgan fingerprint density at radius 1 is 1.60 bits per heavy atom. The third-order valence-corrected chi connectivity index (χ3v) is 2.93. The van der Waals surface area contributed by atoms with E-state index in [-0.39, 0.29) is 12.6 Å². The summed E-state index contributed by atoms with van der Waals surface area (Å²) in [6.07, 6.45) is 3.99. The van der Waals surface area contributed by atoms with E-state index in [4.69, 9.17) is 5.73 Å². The Hall–Kier alpha value is -1.13. The lowest BCUT2D eigenvalue weighted by Crippen LogP contribution is -2.32. The van der Waals surface area contributed by atoms with Gasteiger partial charge in [0.1, 0.15) is 0 Å². The van der Waals surface area contributed by atoms with Crippen molar-refractivity contribution in [2.75, 3.05) is 18.1 Å². The van der Waals surface area contributed by atoms with Gasteiger partial charge in [0.15, 0.2) is 0 Å². The van der Waals surface area contributed by atoms with Crippen LogP contribution in [-0.2, 0) is 6.54 Å². The van der Waals surface area contributed by atoms with E-state index in [1.165, 1.54) is 0 Å². The molecule has 0 amide bonds. The smallest absolute Gasteiger partial charge is 0.0635 e. The molecule has 1 aliphatic rings. The molecule has 4 heteroatoms. The maximum absolute atomic E-state index is 9.24. The summed E-state index contributed by atoms with van der Waals surface area (Å²) in [4.78, 5) is 6.40. The number of anilines is 1. The van der Waals surface area contributed by atoms with Gasteiger partial charge in [0.2, 0.25) is 0 Å². The fraction of sp³-hybridized carbons (Fsp3) is 0.545. The van der Waals surface area contributed by atoms with Crippen LogP contribution in [0.15, 0.2) is 18.3 Å². The van der Waals surface area contributed by atoms with Crippen molar-refractivity contribution in [2.45, 2.75) is 25.4 Å². The first kappa shape index (κ1) is 10.4. The van der Waals surface area contributed by atoms with Crippen molar-refractivity contribution in [3.05, 3.63) is 24.0 Å². The molecule has 1 atom stereocenters. The Morgan fingerprint density at radius 3 is 3.20 bits per heavy atom. The Kier molecular flexibility index (Phi) is 3.18. The van der Waals surface area contributed by atoms with Crippen LogP contribution in [0.4, 0.5) is 5.69 Å². The van der Waals surface area contributed by atoms with Crippen LogP contribution in [0.5, 0.6) is 0 Å². The average molecular weight is 207 g/mol. The number of aliphatic hydroxyl groups is 1. The van der Waals surface area contributed by atoms with E-state index in [1.54, 1.807) is 6.20 Å². The summed E-state index contributed by atoms with van der Waals surface area (Å²) in [7, 11) is 0. The van der Waals surface area contributed by atoms with Crippen molar-refractivity contribution in [2.24, 2.45) is 5.73 Å². The quantitative estimate of drug-likeness (QED) is 0.757. The van der Waals surface area contributed by atoms with E-state index in [1.807, 2.05) is 12.1 Å². The van der Waals surface area contributed by atoms with Gasteiger partial charge in [0.25, 0.3) is 0 Å². The van der Waals surface area contributed by atoms with Gasteiger partial charge in [0, 0.05) is 25.0 Å². The van der Waals surface area contributed by atoms with Gasteiger partial charge in [-0.25, -0.2) is 0 Å². The predicted molar refractivity (Wildman–Crippen MR) is 59.6 cm³/mol. The van der Waals surface area contributed by atoms with Gasteiger partial charge in [0.05, 0.1) is 18.3 Å². The standard InChI is InChI=1S/C11H17N3O/c12-7-9-6-10(3-4-13-9)14-5-1-2-11(14)8-15/h3-4,6,11,15H,1-2,5,7-8,12H2. The van der Waals surface area contributed by atoms with Gasteiger partial charge >= 0.3 is 0 Å². The minimum Gasteiger partial charge on any atom is -0.394 e. The highest BCUT2D eigenvalue weighted by molar-refractivity contribution is 5.48.